The Hall–Kier alpha value is -2.37. The first kappa shape index (κ1) is 9.83. The van der Waals surface area contributed by atoms with Crippen LogP contribution in [0.1, 0.15) is 22.6 Å². The predicted molar refractivity (Wildman–Crippen MR) is 61.0 cm³/mol. The molecule has 1 aliphatic heterocycles. The first-order valence-corrected chi connectivity index (χ1v) is 5.20. The number of Topliss-reactive ketones (excluding diaryl/α,β-unsaturated/α-hetero) is 1. The summed E-state index contributed by atoms with van der Waals surface area (Å²) in [6.45, 7) is 1.82. The highest BCUT2D eigenvalue weighted by atomic mass is 16.1. The molecule has 3 heterocycles. The molecule has 2 aromatic heterocycles. The Morgan fingerprint density at radius 1 is 1.35 bits per heavy atom. The minimum atomic E-state index is -0.0593. The van der Waals surface area contributed by atoms with Crippen LogP contribution in [0.3, 0.4) is 0 Å². The lowest BCUT2D eigenvalue weighted by Crippen LogP contribution is -2.13. The summed E-state index contributed by atoms with van der Waals surface area (Å²) in [5.41, 5.74) is 1.02. The predicted octanol–water partition coefficient (Wildman–Crippen LogP) is 1.26. The molecule has 0 N–H and O–H groups in total. The van der Waals surface area contributed by atoms with Gasteiger partial charge in [0, 0.05) is 25.0 Å². The summed E-state index contributed by atoms with van der Waals surface area (Å²) in [6, 6.07) is 1.79. The Morgan fingerprint density at radius 2 is 2.24 bits per heavy atom. The standard InChI is InChI=1S/C11H9N5O/c1-7-11(16-6-2-4-13-16)15-9-8(17)3-5-12-10(9)14-7/h2,4-6H,3H2,1H3. The van der Waals surface area contributed by atoms with Gasteiger partial charge in [0.25, 0.3) is 0 Å². The number of aromatic nitrogens is 4. The Kier molecular flexibility index (Phi) is 2.07. The molecular weight excluding hydrogens is 218 g/mol. The molecule has 1 aliphatic rings. The van der Waals surface area contributed by atoms with E-state index >= 15 is 0 Å². The summed E-state index contributed by atoms with van der Waals surface area (Å²) in [4.78, 5) is 24.4. The van der Waals surface area contributed by atoms with Gasteiger partial charge in [-0.05, 0) is 13.0 Å². The number of rotatable bonds is 1. The van der Waals surface area contributed by atoms with Gasteiger partial charge in [-0.2, -0.15) is 5.10 Å². The number of ketones is 1. The molecule has 0 aromatic carbocycles. The topological polar surface area (TPSA) is 73.0 Å². The van der Waals surface area contributed by atoms with Gasteiger partial charge >= 0.3 is 0 Å². The van der Waals surface area contributed by atoms with Gasteiger partial charge in [0.1, 0.15) is 0 Å². The molecule has 0 aliphatic carbocycles. The van der Waals surface area contributed by atoms with Gasteiger partial charge in [-0.3, -0.25) is 4.79 Å². The van der Waals surface area contributed by atoms with Crippen molar-refractivity contribution < 1.29 is 4.79 Å². The van der Waals surface area contributed by atoms with Gasteiger partial charge in [0.2, 0.25) is 0 Å². The van der Waals surface area contributed by atoms with E-state index in [4.69, 9.17) is 0 Å². The van der Waals surface area contributed by atoms with E-state index in [0.717, 1.165) is 0 Å². The van der Waals surface area contributed by atoms with Crippen molar-refractivity contribution in [3.05, 3.63) is 29.8 Å². The number of carbonyl (C=O) groups is 1. The second kappa shape index (κ2) is 3.58. The summed E-state index contributed by atoms with van der Waals surface area (Å²) in [5.74, 6) is 0.907. The summed E-state index contributed by atoms with van der Waals surface area (Å²) in [5, 5.41) is 4.09. The van der Waals surface area contributed by atoms with Gasteiger partial charge in [-0.25, -0.2) is 19.6 Å². The van der Waals surface area contributed by atoms with Crippen LogP contribution in [-0.4, -0.2) is 31.7 Å². The van der Waals surface area contributed by atoms with Crippen molar-refractivity contribution in [3.8, 4) is 5.82 Å². The highest BCUT2D eigenvalue weighted by Crippen LogP contribution is 2.22. The molecule has 6 heteroatoms. The third-order valence-electron chi connectivity index (χ3n) is 2.50. The summed E-state index contributed by atoms with van der Waals surface area (Å²) >= 11 is 0. The summed E-state index contributed by atoms with van der Waals surface area (Å²) in [6.07, 6.45) is 5.26. The zero-order chi connectivity index (χ0) is 11.8. The van der Waals surface area contributed by atoms with Crippen LogP contribution >= 0.6 is 0 Å². The van der Waals surface area contributed by atoms with E-state index in [9.17, 15) is 4.79 Å². The van der Waals surface area contributed by atoms with Crippen molar-refractivity contribution in [3.63, 3.8) is 0 Å². The van der Waals surface area contributed by atoms with E-state index in [0.29, 0.717) is 23.0 Å². The largest absolute Gasteiger partial charge is 0.292 e. The Balaban J connectivity index is 2.22. The fourth-order valence-corrected chi connectivity index (χ4v) is 1.70. The van der Waals surface area contributed by atoms with Crippen LogP contribution in [0.4, 0.5) is 5.82 Å². The van der Waals surface area contributed by atoms with Crippen molar-refractivity contribution >= 4 is 17.8 Å². The average Bonchev–Trinajstić information content (AvgIpc) is 2.82. The highest BCUT2D eigenvalue weighted by molar-refractivity contribution is 6.08. The van der Waals surface area contributed by atoms with Crippen molar-refractivity contribution in [1.82, 2.24) is 19.7 Å². The molecule has 0 fully saturated rings. The molecule has 0 bridgehead atoms. The lowest BCUT2D eigenvalue weighted by Gasteiger charge is -2.11. The molecule has 2 aromatic rings. The maximum atomic E-state index is 11.7. The van der Waals surface area contributed by atoms with E-state index in [1.165, 1.54) is 0 Å². The third-order valence-corrected chi connectivity index (χ3v) is 2.50. The molecule has 0 saturated carbocycles. The van der Waals surface area contributed by atoms with E-state index in [2.05, 4.69) is 20.1 Å². The van der Waals surface area contributed by atoms with Crippen molar-refractivity contribution in [2.45, 2.75) is 13.3 Å². The minimum Gasteiger partial charge on any atom is -0.292 e. The normalized spacial score (nSPS) is 13.8. The molecule has 0 radical (unpaired) electrons. The van der Waals surface area contributed by atoms with Crippen LogP contribution in [-0.2, 0) is 0 Å². The zero-order valence-corrected chi connectivity index (χ0v) is 9.16. The Morgan fingerprint density at radius 3 is 3.00 bits per heavy atom. The van der Waals surface area contributed by atoms with Crippen LogP contribution in [0, 0.1) is 6.92 Å². The molecule has 0 amide bonds. The Labute approximate surface area is 97.0 Å². The molecule has 3 rings (SSSR count). The number of hydrogen-bond donors (Lipinski definition) is 0. The van der Waals surface area contributed by atoms with E-state index in [1.807, 2.05) is 6.92 Å². The second-order valence-corrected chi connectivity index (χ2v) is 3.69. The first-order chi connectivity index (χ1) is 8.25. The van der Waals surface area contributed by atoms with E-state index in [1.54, 1.807) is 29.4 Å². The SMILES string of the molecule is Cc1nc2c(nc1-n1cccn1)C(=O)CC=N2. The molecule has 0 atom stereocenters. The number of aryl methyl sites for hydroxylation is 1. The molecule has 0 unspecified atom stereocenters. The monoisotopic (exact) mass is 227 g/mol. The smallest absolute Gasteiger partial charge is 0.190 e. The van der Waals surface area contributed by atoms with Crippen LogP contribution in [0.25, 0.3) is 5.82 Å². The minimum absolute atomic E-state index is 0.0593. The van der Waals surface area contributed by atoms with Gasteiger partial charge in [0.15, 0.2) is 23.1 Å². The fraction of sp³-hybridized carbons (Fsp3) is 0.182. The molecule has 0 saturated heterocycles. The second-order valence-electron chi connectivity index (χ2n) is 3.69. The number of nitrogens with zero attached hydrogens (tertiary/aromatic N) is 5. The maximum absolute atomic E-state index is 11.7. The van der Waals surface area contributed by atoms with Crippen molar-refractivity contribution in [2.24, 2.45) is 4.99 Å². The van der Waals surface area contributed by atoms with E-state index < -0.39 is 0 Å². The van der Waals surface area contributed by atoms with Gasteiger partial charge in [0.05, 0.1) is 5.69 Å². The molecule has 17 heavy (non-hydrogen) atoms. The highest BCUT2D eigenvalue weighted by Gasteiger charge is 2.20. The van der Waals surface area contributed by atoms with Gasteiger partial charge in [-0.1, -0.05) is 0 Å². The number of fused-ring (bicyclic) bond motifs is 1. The van der Waals surface area contributed by atoms with Crippen molar-refractivity contribution in [2.75, 3.05) is 0 Å². The average molecular weight is 227 g/mol. The molecule has 84 valence electrons. The molecule has 0 spiro atoms. The Bertz CT molecular complexity index is 615. The lowest BCUT2D eigenvalue weighted by molar-refractivity contribution is 0.0996. The fourth-order valence-electron chi connectivity index (χ4n) is 1.70. The van der Waals surface area contributed by atoms with E-state index in [-0.39, 0.29) is 12.2 Å². The van der Waals surface area contributed by atoms with Crippen LogP contribution in [0.2, 0.25) is 0 Å². The van der Waals surface area contributed by atoms with Crippen LogP contribution in [0.5, 0.6) is 0 Å². The third kappa shape index (κ3) is 1.54. The number of aliphatic imine (C=N–C) groups is 1. The van der Waals surface area contributed by atoms with Crippen molar-refractivity contribution in [1.29, 1.82) is 0 Å². The lowest BCUT2D eigenvalue weighted by atomic mass is 10.2. The molecular formula is C11H9N5O. The summed E-state index contributed by atoms with van der Waals surface area (Å²) < 4.78 is 1.59. The van der Waals surface area contributed by atoms with Gasteiger partial charge < -0.3 is 0 Å². The number of hydrogen-bond acceptors (Lipinski definition) is 5. The van der Waals surface area contributed by atoms with Gasteiger partial charge in [-0.15, -0.1) is 0 Å². The number of carbonyl (C=O) groups excluding carboxylic acids is 1. The molecule has 6 nitrogen and oxygen atoms in total. The maximum Gasteiger partial charge on any atom is 0.190 e. The zero-order valence-electron chi connectivity index (χ0n) is 9.16. The quantitative estimate of drug-likeness (QED) is 0.735. The van der Waals surface area contributed by atoms with Crippen LogP contribution < -0.4 is 0 Å². The first-order valence-electron chi connectivity index (χ1n) is 5.20. The summed E-state index contributed by atoms with van der Waals surface area (Å²) in [7, 11) is 0. The van der Waals surface area contributed by atoms with Crippen LogP contribution in [0.15, 0.2) is 23.5 Å².